The number of nitrogens with zero attached hydrogens (tertiary/aromatic N) is 3. The van der Waals surface area contributed by atoms with E-state index in [1.165, 1.54) is 14.2 Å². The van der Waals surface area contributed by atoms with Gasteiger partial charge in [0.05, 0.1) is 19.2 Å². The topological polar surface area (TPSA) is 89.7 Å². The number of methoxy groups -OCH3 is 2. The summed E-state index contributed by atoms with van der Waals surface area (Å²) in [6.45, 7) is 1.79. The highest BCUT2D eigenvalue weighted by Crippen LogP contribution is 2.38. The Labute approximate surface area is 162 Å². The number of halogens is 1. The van der Waals surface area contributed by atoms with E-state index >= 15 is 0 Å². The van der Waals surface area contributed by atoms with E-state index in [1.807, 2.05) is 7.05 Å². The molecule has 0 radical (unpaired) electrons. The highest BCUT2D eigenvalue weighted by Gasteiger charge is 2.23. The number of carbonyl (C=O) groups is 1. The number of amides is 1. The van der Waals surface area contributed by atoms with Gasteiger partial charge in [0.15, 0.2) is 11.5 Å². The molecule has 0 unspecified atom stereocenters. The van der Waals surface area contributed by atoms with Gasteiger partial charge >= 0.3 is 0 Å². The standard InChI is InChI=1S/C18H23ClN4O4/c1-23(12-6-7-20-10-12)16(24)5-4-15-21-18(22-27-15)11-8-13(19)17(26-3)14(9-11)25-2/h8-9,12,20H,4-7,10H2,1-3H3/t12-/m1/s1. The molecule has 0 aliphatic carbocycles. The molecule has 2 heterocycles. The SMILES string of the molecule is COc1cc(-c2noc(CCC(=O)N(C)[C@@H]3CCNC3)n2)cc(Cl)c1OC. The minimum atomic E-state index is 0.0672. The molecule has 1 aliphatic heterocycles. The lowest BCUT2D eigenvalue weighted by atomic mass is 10.2. The van der Waals surface area contributed by atoms with Crippen molar-refractivity contribution in [3.05, 3.63) is 23.0 Å². The Kier molecular flexibility index (Phi) is 6.18. The summed E-state index contributed by atoms with van der Waals surface area (Å²) in [5.41, 5.74) is 0.646. The van der Waals surface area contributed by atoms with Crippen LogP contribution >= 0.6 is 11.6 Å². The number of ether oxygens (including phenoxy) is 2. The first-order valence-corrected chi connectivity index (χ1v) is 9.12. The van der Waals surface area contributed by atoms with Gasteiger partial charge in [-0.25, -0.2) is 0 Å². The highest BCUT2D eigenvalue weighted by atomic mass is 35.5. The largest absolute Gasteiger partial charge is 0.493 e. The molecule has 0 saturated carbocycles. The molecule has 1 amide bonds. The van der Waals surface area contributed by atoms with E-state index in [0.717, 1.165) is 19.5 Å². The number of rotatable bonds is 7. The third-order valence-electron chi connectivity index (χ3n) is 4.69. The Morgan fingerprint density at radius 2 is 2.22 bits per heavy atom. The summed E-state index contributed by atoms with van der Waals surface area (Å²) in [6.07, 6.45) is 1.69. The number of likely N-dealkylation sites (N-methyl/N-ethyl adjacent to an activating group) is 1. The zero-order valence-corrected chi connectivity index (χ0v) is 16.4. The Hall–Kier alpha value is -2.32. The molecule has 1 aliphatic rings. The van der Waals surface area contributed by atoms with E-state index in [-0.39, 0.29) is 11.9 Å². The number of aryl methyl sites for hydroxylation is 1. The van der Waals surface area contributed by atoms with Gasteiger partial charge in [-0.1, -0.05) is 16.8 Å². The highest BCUT2D eigenvalue weighted by molar-refractivity contribution is 6.32. The van der Waals surface area contributed by atoms with Crippen LogP contribution in [0.5, 0.6) is 11.5 Å². The Morgan fingerprint density at radius 3 is 2.89 bits per heavy atom. The number of nitrogens with one attached hydrogen (secondary N) is 1. The first-order valence-electron chi connectivity index (χ1n) is 8.74. The van der Waals surface area contributed by atoms with Gasteiger partial charge in [0.2, 0.25) is 17.6 Å². The predicted molar refractivity (Wildman–Crippen MR) is 100 cm³/mol. The van der Waals surface area contributed by atoms with Crippen molar-refractivity contribution < 1.29 is 18.8 Å². The van der Waals surface area contributed by atoms with Crippen LogP contribution in [0.15, 0.2) is 16.7 Å². The molecule has 0 spiro atoms. The lowest BCUT2D eigenvalue weighted by Crippen LogP contribution is -2.38. The van der Waals surface area contributed by atoms with E-state index in [2.05, 4.69) is 15.5 Å². The van der Waals surface area contributed by atoms with Gasteiger partial charge in [-0.15, -0.1) is 0 Å². The minimum Gasteiger partial charge on any atom is -0.493 e. The van der Waals surface area contributed by atoms with E-state index in [9.17, 15) is 4.79 Å². The van der Waals surface area contributed by atoms with Gasteiger partial charge < -0.3 is 24.2 Å². The molecular weight excluding hydrogens is 372 g/mol. The Balaban J connectivity index is 1.66. The van der Waals surface area contributed by atoms with Crippen LogP contribution in [0.3, 0.4) is 0 Å². The predicted octanol–water partition coefficient (Wildman–Crippen LogP) is 2.16. The average Bonchev–Trinajstić information content (AvgIpc) is 3.36. The molecule has 0 bridgehead atoms. The van der Waals surface area contributed by atoms with Gasteiger partial charge in [-0.05, 0) is 25.1 Å². The molecule has 1 saturated heterocycles. The van der Waals surface area contributed by atoms with Crippen LogP contribution in [0.25, 0.3) is 11.4 Å². The second-order valence-corrected chi connectivity index (χ2v) is 6.76. The van der Waals surface area contributed by atoms with Crippen LogP contribution in [0, 0.1) is 0 Å². The summed E-state index contributed by atoms with van der Waals surface area (Å²) in [4.78, 5) is 18.5. The van der Waals surface area contributed by atoms with Crippen molar-refractivity contribution >= 4 is 17.5 Å². The van der Waals surface area contributed by atoms with Gasteiger partial charge in [0, 0.05) is 38.0 Å². The van der Waals surface area contributed by atoms with Crippen LogP contribution in [-0.4, -0.2) is 61.3 Å². The summed E-state index contributed by atoms with van der Waals surface area (Å²) < 4.78 is 15.8. The lowest BCUT2D eigenvalue weighted by molar-refractivity contribution is -0.131. The quantitative estimate of drug-likeness (QED) is 0.769. The van der Waals surface area contributed by atoms with Crippen molar-refractivity contribution in [3.63, 3.8) is 0 Å². The summed E-state index contributed by atoms with van der Waals surface area (Å²) >= 11 is 6.22. The van der Waals surface area contributed by atoms with Crippen molar-refractivity contribution in [2.45, 2.75) is 25.3 Å². The van der Waals surface area contributed by atoms with Crippen molar-refractivity contribution in [2.24, 2.45) is 0 Å². The minimum absolute atomic E-state index is 0.0672. The summed E-state index contributed by atoms with van der Waals surface area (Å²) in [7, 11) is 4.89. The monoisotopic (exact) mass is 394 g/mol. The number of carbonyl (C=O) groups excluding carboxylic acids is 1. The van der Waals surface area contributed by atoms with E-state index in [4.69, 9.17) is 25.6 Å². The van der Waals surface area contributed by atoms with Gasteiger partial charge in [0.1, 0.15) is 0 Å². The zero-order valence-electron chi connectivity index (χ0n) is 15.6. The fourth-order valence-electron chi connectivity index (χ4n) is 3.08. The Bertz CT molecular complexity index is 805. The molecule has 8 nitrogen and oxygen atoms in total. The van der Waals surface area contributed by atoms with Crippen molar-refractivity contribution in [1.82, 2.24) is 20.4 Å². The number of hydrogen-bond acceptors (Lipinski definition) is 7. The smallest absolute Gasteiger partial charge is 0.227 e. The summed E-state index contributed by atoms with van der Waals surface area (Å²) in [6, 6.07) is 3.67. The molecule has 1 aromatic heterocycles. The molecule has 1 fully saturated rings. The third-order valence-corrected chi connectivity index (χ3v) is 4.97. The van der Waals surface area contributed by atoms with Crippen LogP contribution in [0.1, 0.15) is 18.7 Å². The first-order chi connectivity index (χ1) is 13.0. The average molecular weight is 395 g/mol. The maximum atomic E-state index is 12.3. The first kappa shape index (κ1) is 19.4. The normalized spacial score (nSPS) is 16.4. The number of benzene rings is 1. The molecule has 1 N–H and O–H groups in total. The van der Waals surface area contributed by atoms with Crippen LogP contribution < -0.4 is 14.8 Å². The van der Waals surface area contributed by atoms with Crippen LogP contribution in [-0.2, 0) is 11.2 Å². The second kappa shape index (κ2) is 8.58. The summed E-state index contributed by atoms with van der Waals surface area (Å²) in [5.74, 6) is 1.78. The van der Waals surface area contributed by atoms with Crippen molar-refractivity contribution in [1.29, 1.82) is 0 Å². The maximum Gasteiger partial charge on any atom is 0.227 e. The molecule has 2 aromatic rings. The Morgan fingerprint density at radius 1 is 1.41 bits per heavy atom. The number of aromatic nitrogens is 2. The van der Waals surface area contributed by atoms with Crippen LogP contribution in [0.4, 0.5) is 0 Å². The fourth-order valence-corrected chi connectivity index (χ4v) is 3.37. The molecule has 3 rings (SSSR count). The van der Waals surface area contributed by atoms with E-state index < -0.39 is 0 Å². The van der Waals surface area contributed by atoms with E-state index in [0.29, 0.717) is 46.6 Å². The van der Waals surface area contributed by atoms with Gasteiger partial charge in [-0.2, -0.15) is 4.98 Å². The molecule has 27 heavy (non-hydrogen) atoms. The summed E-state index contributed by atoms with van der Waals surface area (Å²) in [5, 5.41) is 7.63. The van der Waals surface area contributed by atoms with E-state index in [1.54, 1.807) is 17.0 Å². The third kappa shape index (κ3) is 4.33. The number of hydrogen-bond donors (Lipinski definition) is 1. The lowest BCUT2D eigenvalue weighted by Gasteiger charge is -2.23. The van der Waals surface area contributed by atoms with Gasteiger partial charge in [-0.3, -0.25) is 4.79 Å². The van der Waals surface area contributed by atoms with Crippen molar-refractivity contribution in [3.8, 4) is 22.9 Å². The van der Waals surface area contributed by atoms with Crippen LogP contribution in [0.2, 0.25) is 5.02 Å². The van der Waals surface area contributed by atoms with Gasteiger partial charge in [0.25, 0.3) is 0 Å². The second-order valence-electron chi connectivity index (χ2n) is 6.36. The zero-order chi connectivity index (χ0) is 19.4. The fraction of sp³-hybridized carbons (Fsp3) is 0.500. The van der Waals surface area contributed by atoms with Crippen molar-refractivity contribution in [2.75, 3.05) is 34.4 Å². The molecule has 9 heteroatoms. The molecular formula is C18H23ClN4O4. The maximum absolute atomic E-state index is 12.3. The molecule has 1 aromatic carbocycles. The molecule has 146 valence electrons. The molecule has 1 atom stereocenters.